The predicted octanol–water partition coefficient (Wildman–Crippen LogP) is 0.496. The van der Waals surface area contributed by atoms with Crippen molar-refractivity contribution < 1.29 is 4.79 Å². The maximum absolute atomic E-state index is 10.7. The molecule has 0 bridgehead atoms. The fourth-order valence-corrected chi connectivity index (χ4v) is 0.693. The lowest BCUT2D eigenvalue weighted by Crippen LogP contribution is -2.15. The number of hydrogen-bond acceptors (Lipinski definition) is 3. The molecule has 0 saturated carbocycles. The summed E-state index contributed by atoms with van der Waals surface area (Å²) in [6.07, 6.45) is 0. The summed E-state index contributed by atoms with van der Waals surface area (Å²) in [5.74, 6) is -0.648. The number of hydrogen-bond donors (Lipinski definition) is 2. The van der Waals surface area contributed by atoms with E-state index in [-0.39, 0.29) is 0 Å². The van der Waals surface area contributed by atoms with Gasteiger partial charge >= 0.3 is 0 Å². The van der Waals surface area contributed by atoms with Gasteiger partial charge in [0.1, 0.15) is 0 Å². The van der Waals surface area contributed by atoms with Gasteiger partial charge < -0.3 is 16.4 Å². The molecule has 11 heavy (non-hydrogen) atoms. The van der Waals surface area contributed by atoms with Gasteiger partial charge in [-0.2, -0.15) is 0 Å². The first-order valence-corrected chi connectivity index (χ1v) is 3.02. The molecular weight excluding hydrogens is 144 g/mol. The van der Waals surface area contributed by atoms with Crippen LogP contribution in [0, 0.1) is 5.21 Å². The van der Waals surface area contributed by atoms with Gasteiger partial charge in [-0.15, -0.1) is 0 Å². The van der Waals surface area contributed by atoms with E-state index in [1.165, 1.54) is 17.6 Å². The molecule has 1 aromatic carbocycles. The van der Waals surface area contributed by atoms with Gasteiger partial charge in [-0.05, 0) is 24.3 Å². The molecule has 0 atom stereocenters. The maximum Gasteiger partial charge on any atom is 0.240 e. The van der Waals surface area contributed by atoms with Gasteiger partial charge in [0, 0.05) is 11.3 Å². The molecule has 0 saturated heterocycles. The lowest BCUT2D eigenvalue weighted by atomic mass is 10.2. The Bertz CT molecular complexity index is 256. The first kappa shape index (κ1) is 7.56. The zero-order chi connectivity index (χ0) is 8.27. The van der Waals surface area contributed by atoms with Crippen LogP contribution in [0.25, 0.3) is 0 Å². The standard InChI is InChI=1S/C7H7N2O2/c8-6-3-1-5(2-4-6)7(10)9-11/h1-4H,(H3-,8,9,10,11)/q-1. The number of nitrogens with one attached hydrogen (secondary N) is 1. The van der Waals surface area contributed by atoms with Crippen LogP contribution in [0.15, 0.2) is 24.3 Å². The summed E-state index contributed by atoms with van der Waals surface area (Å²) >= 11 is 0. The highest BCUT2D eigenvalue weighted by Crippen LogP contribution is 2.04. The van der Waals surface area contributed by atoms with E-state index in [1.54, 1.807) is 12.1 Å². The minimum absolute atomic E-state index is 0.314. The summed E-state index contributed by atoms with van der Waals surface area (Å²) in [4.78, 5) is 10.7. The van der Waals surface area contributed by atoms with Gasteiger partial charge in [0.15, 0.2) is 0 Å². The monoisotopic (exact) mass is 151 g/mol. The van der Waals surface area contributed by atoms with Crippen molar-refractivity contribution in [1.29, 1.82) is 0 Å². The number of benzene rings is 1. The molecule has 0 unspecified atom stereocenters. The van der Waals surface area contributed by atoms with Crippen LogP contribution >= 0.6 is 0 Å². The van der Waals surface area contributed by atoms with E-state index >= 15 is 0 Å². The van der Waals surface area contributed by atoms with Gasteiger partial charge in [0.2, 0.25) is 5.91 Å². The summed E-state index contributed by atoms with van der Waals surface area (Å²) < 4.78 is 0. The van der Waals surface area contributed by atoms with Crippen LogP contribution in [-0.2, 0) is 0 Å². The third-order valence-corrected chi connectivity index (χ3v) is 1.27. The van der Waals surface area contributed by atoms with Crippen molar-refractivity contribution >= 4 is 11.6 Å². The van der Waals surface area contributed by atoms with Crippen LogP contribution in [0.2, 0.25) is 0 Å². The van der Waals surface area contributed by atoms with E-state index in [9.17, 15) is 10.0 Å². The molecule has 58 valence electrons. The molecule has 0 fully saturated rings. The quantitative estimate of drug-likeness (QED) is 0.453. The van der Waals surface area contributed by atoms with Crippen molar-refractivity contribution in [3.05, 3.63) is 35.0 Å². The van der Waals surface area contributed by atoms with Gasteiger partial charge in [-0.1, -0.05) is 0 Å². The first-order chi connectivity index (χ1) is 5.24. The van der Waals surface area contributed by atoms with E-state index < -0.39 is 5.91 Å². The molecule has 0 aliphatic rings. The smallest absolute Gasteiger partial charge is 0.240 e. The molecule has 1 aromatic rings. The average molecular weight is 151 g/mol. The molecule has 0 aromatic heterocycles. The second-order valence-electron chi connectivity index (χ2n) is 2.05. The maximum atomic E-state index is 10.7. The lowest BCUT2D eigenvalue weighted by molar-refractivity contribution is 0.0970. The van der Waals surface area contributed by atoms with Crippen molar-refractivity contribution in [1.82, 2.24) is 5.48 Å². The highest BCUT2D eigenvalue weighted by atomic mass is 16.5. The molecule has 1 rings (SSSR count). The number of nitrogens with two attached hydrogens (primary N) is 1. The molecule has 1 amide bonds. The Morgan fingerprint density at radius 2 is 1.91 bits per heavy atom. The predicted molar refractivity (Wildman–Crippen MR) is 41.7 cm³/mol. The van der Waals surface area contributed by atoms with Crippen molar-refractivity contribution in [2.75, 3.05) is 5.73 Å². The molecule has 0 heterocycles. The number of amides is 1. The molecule has 3 N–H and O–H groups in total. The second-order valence-corrected chi connectivity index (χ2v) is 2.05. The molecule has 0 aliphatic carbocycles. The molecule has 0 spiro atoms. The van der Waals surface area contributed by atoms with Crippen LogP contribution in [-0.4, -0.2) is 5.91 Å². The van der Waals surface area contributed by atoms with E-state index in [0.717, 1.165) is 0 Å². The third kappa shape index (κ3) is 1.68. The molecule has 4 heteroatoms. The van der Waals surface area contributed by atoms with E-state index in [4.69, 9.17) is 5.73 Å². The number of carbonyl (C=O) groups is 1. The topological polar surface area (TPSA) is 78.2 Å². The Morgan fingerprint density at radius 3 is 2.36 bits per heavy atom. The largest absolute Gasteiger partial charge is 0.759 e. The van der Waals surface area contributed by atoms with E-state index in [2.05, 4.69) is 0 Å². The number of anilines is 1. The minimum atomic E-state index is -0.648. The lowest BCUT2D eigenvalue weighted by Gasteiger charge is -2.06. The van der Waals surface area contributed by atoms with E-state index in [0.29, 0.717) is 11.3 Å². The van der Waals surface area contributed by atoms with Crippen LogP contribution in [0.4, 0.5) is 5.69 Å². The van der Waals surface area contributed by atoms with Crippen molar-refractivity contribution in [3.63, 3.8) is 0 Å². The van der Waals surface area contributed by atoms with Crippen LogP contribution < -0.4 is 11.2 Å². The molecule has 0 radical (unpaired) electrons. The Hall–Kier alpha value is -1.55. The summed E-state index contributed by atoms with van der Waals surface area (Å²) in [6.45, 7) is 0. The Kier molecular flexibility index (Phi) is 2.08. The van der Waals surface area contributed by atoms with Crippen LogP contribution in [0.1, 0.15) is 10.4 Å². The summed E-state index contributed by atoms with van der Waals surface area (Å²) in [5, 5.41) is 9.88. The van der Waals surface area contributed by atoms with Crippen molar-refractivity contribution in [3.8, 4) is 0 Å². The Balaban J connectivity index is 2.90. The molecule has 4 nitrogen and oxygen atoms in total. The molecule has 0 aliphatic heterocycles. The minimum Gasteiger partial charge on any atom is -0.759 e. The fourth-order valence-electron chi connectivity index (χ4n) is 0.693. The first-order valence-electron chi connectivity index (χ1n) is 3.02. The zero-order valence-electron chi connectivity index (χ0n) is 5.70. The SMILES string of the molecule is Nc1ccc(C(=O)N[O-])cc1. The normalized spacial score (nSPS) is 9.18. The van der Waals surface area contributed by atoms with Crippen molar-refractivity contribution in [2.24, 2.45) is 0 Å². The van der Waals surface area contributed by atoms with Gasteiger partial charge in [-0.25, -0.2) is 0 Å². The third-order valence-electron chi connectivity index (χ3n) is 1.27. The van der Waals surface area contributed by atoms with Crippen LogP contribution in [0.5, 0.6) is 0 Å². The van der Waals surface area contributed by atoms with Crippen molar-refractivity contribution in [2.45, 2.75) is 0 Å². The van der Waals surface area contributed by atoms with Gasteiger partial charge in [0.05, 0.1) is 0 Å². The van der Waals surface area contributed by atoms with E-state index in [1.807, 2.05) is 0 Å². The van der Waals surface area contributed by atoms with Gasteiger partial charge in [-0.3, -0.25) is 4.79 Å². The zero-order valence-corrected chi connectivity index (χ0v) is 5.70. The number of nitrogen functional groups attached to an aromatic ring is 1. The summed E-state index contributed by atoms with van der Waals surface area (Å²) in [7, 11) is 0. The highest BCUT2D eigenvalue weighted by molar-refractivity contribution is 5.94. The average Bonchev–Trinajstić information content (AvgIpc) is 2.05. The summed E-state index contributed by atoms with van der Waals surface area (Å²) in [6, 6.07) is 6.10. The summed E-state index contributed by atoms with van der Waals surface area (Å²) in [5.41, 5.74) is 7.51. The van der Waals surface area contributed by atoms with Gasteiger partial charge in [0.25, 0.3) is 0 Å². The number of rotatable bonds is 1. The van der Waals surface area contributed by atoms with Crippen LogP contribution in [0.3, 0.4) is 0 Å². The number of hydroxylamine groups is 1. The Morgan fingerprint density at radius 1 is 1.36 bits per heavy atom. The highest BCUT2D eigenvalue weighted by Gasteiger charge is 1.97. The number of carbonyl (C=O) groups excluding carboxylic acids is 1. The molecular formula is C7H7N2O2-. The second kappa shape index (κ2) is 3.03. The Labute approximate surface area is 63.6 Å². The fraction of sp³-hybridized carbons (Fsp3) is 0.